The molecule has 0 aliphatic carbocycles. The van der Waals surface area contributed by atoms with Crippen molar-refractivity contribution in [3.8, 4) is 0 Å². The molecule has 0 unspecified atom stereocenters. The molecule has 0 radical (unpaired) electrons. The molecule has 0 N–H and O–H groups in total. The number of aliphatic carboxylic acids is 1. The van der Waals surface area contributed by atoms with Gasteiger partial charge in [-0.15, -0.1) is 0 Å². The van der Waals surface area contributed by atoms with Gasteiger partial charge in [-0.1, -0.05) is 42.5 Å². The maximum atomic E-state index is 11.9. The molecule has 0 spiro atoms. The second-order valence-electron chi connectivity index (χ2n) is 5.13. The van der Waals surface area contributed by atoms with Gasteiger partial charge in [0, 0.05) is 31.4 Å². The van der Waals surface area contributed by atoms with Gasteiger partial charge < -0.3 is 14.8 Å². The number of likely N-dealkylation sites (tertiary alicyclic amines) is 1. The molecule has 1 amide bonds. The van der Waals surface area contributed by atoms with Crippen LogP contribution < -0.4 is 5.11 Å². The van der Waals surface area contributed by atoms with Gasteiger partial charge in [-0.3, -0.25) is 4.79 Å². The number of carboxylic acid groups (broad SMARTS) is 1. The maximum absolute atomic E-state index is 11.9. The first-order valence-electron chi connectivity index (χ1n) is 6.60. The Morgan fingerprint density at radius 1 is 1.20 bits per heavy atom. The summed E-state index contributed by atoms with van der Waals surface area (Å²) in [5, 5.41) is 13.1. The van der Waals surface area contributed by atoms with E-state index in [1.807, 2.05) is 42.5 Å². The minimum absolute atomic E-state index is 0.0487. The summed E-state index contributed by atoms with van der Waals surface area (Å²) in [5.41, 5.74) is 1.04. The van der Waals surface area contributed by atoms with Gasteiger partial charge in [-0.25, -0.2) is 0 Å². The Bertz CT molecular complexity index is 675. The van der Waals surface area contributed by atoms with Gasteiger partial charge in [-0.05, 0) is 16.3 Å². The van der Waals surface area contributed by atoms with Crippen LogP contribution in [0.2, 0.25) is 0 Å². The minimum Gasteiger partial charge on any atom is -0.550 e. The van der Waals surface area contributed by atoms with Crippen LogP contribution in [0.25, 0.3) is 10.8 Å². The van der Waals surface area contributed by atoms with E-state index in [4.69, 9.17) is 0 Å². The van der Waals surface area contributed by atoms with Crippen LogP contribution in [0, 0.1) is 5.92 Å². The van der Waals surface area contributed by atoms with Crippen molar-refractivity contribution >= 4 is 22.6 Å². The topological polar surface area (TPSA) is 60.4 Å². The third-order valence-electron chi connectivity index (χ3n) is 3.79. The lowest BCUT2D eigenvalue weighted by Gasteiger charge is -2.18. The Kier molecular flexibility index (Phi) is 3.14. The summed E-state index contributed by atoms with van der Waals surface area (Å²) in [6.45, 7) is 0.689. The number of nitrogens with zero attached hydrogens (tertiary/aromatic N) is 1. The molecule has 1 heterocycles. The van der Waals surface area contributed by atoms with Crippen LogP contribution in [0.15, 0.2) is 42.5 Å². The molecule has 1 aliphatic heterocycles. The van der Waals surface area contributed by atoms with Crippen LogP contribution in [0.5, 0.6) is 0 Å². The van der Waals surface area contributed by atoms with E-state index >= 15 is 0 Å². The van der Waals surface area contributed by atoms with E-state index in [0.717, 1.165) is 16.3 Å². The zero-order valence-electron chi connectivity index (χ0n) is 10.9. The molecule has 0 aromatic heterocycles. The molecule has 0 saturated carbocycles. The third-order valence-corrected chi connectivity index (χ3v) is 3.79. The Balaban J connectivity index is 1.87. The molecule has 4 heteroatoms. The van der Waals surface area contributed by atoms with E-state index in [-0.39, 0.29) is 18.9 Å². The van der Waals surface area contributed by atoms with Crippen molar-refractivity contribution < 1.29 is 14.7 Å². The Labute approximate surface area is 116 Å². The zero-order chi connectivity index (χ0) is 14.1. The van der Waals surface area contributed by atoms with E-state index < -0.39 is 11.9 Å². The number of amides is 1. The number of carboxylic acids is 1. The molecule has 0 bridgehead atoms. The monoisotopic (exact) mass is 268 g/mol. The van der Waals surface area contributed by atoms with Crippen LogP contribution in [-0.2, 0) is 16.1 Å². The molecule has 1 saturated heterocycles. The molecular weight excluding hydrogens is 254 g/mol. The average molecular weight is 268 g/mol. The lowest BCUT2D eigenvalue weighted by molar-refractivity contribution is -0.311. The van der Waals surface area contributed by atoms with E-state index in [2.05, 4.69) is 0 Å². The number of carbonyl (C=O) groups is 2. The molecular formula is C16H14NO3-. The third kappa shape index (κ3) is 2.25. The molecule has 4 nitrogen and oxygen atoms in total. The van der Waals surface area contributed by atoms with Crippen LogP contribution in [0.4, 0.5) is 0 Å². The van der Waals surface area contributed by atoms with Crippen LogP contribution in [0.3, 0.4) is 0 Å². The number of hydrogen-bond acceptors (Lipinski definition) is 3. The molecule has 2 aromatic rings. The molecule has 102 valence electrons. The van der Waals surface area contributed by atoms with Gasteiger partial charge in [0.15, 0.2) is 0 Å². The fraction of sp³-hybridized carbons (Fsp3) is 0.250. The summed E-state index contributed by atoms with van der Waals surface area (Å²) in [6, 6.07) is 13.9. The predicted molar refractivity (Wildman–Crippen MR) is 72.5 cm³/mol. The largest absolute Gasteiger partial charge is 0.550 e. The van der Waals surface area contributed by atoms with E-state index in [0.29, 0.717) is 6.54 Å². The van der Waals surface area contributed by atoms with E-state index in [1.54, 1.807) is 4.90 Å². The predicted octanol–water partition coefficient (Wildman–Crippen LogP) is 0.938. The second kappa shape index (κ2) is 4.96. The molecule has 3 rings (SSSR count). The normalized spacial score (nSPS) is 18.7. The van der Waals surface area contributed by atoms with Crippen molar-refractivity contribution in [3.05, 3.63) is 48.0 Å². The fourth-order valence-corrected chi connectivity index (χ4v) is 2.72. The van der Waals surface area contributed by atoms with Gasteiger partial charge in [0.25, 0.3) is 0 Å². The summed E-state index contributed by atoms with van der Waals surface area (Å²) in [5.74, 6) is -1.94. The summed E-state index contributed by atoms with van der Waals surface area (Å²) in [7, 11) is 0. The van der Waals surface area contributed by atoms with Gasteiger partial charge in [0.2, 0.25) is 5.91 Å². The first kappa shape index (κ1) is 12.7. The highest BCUT2D eigenvalue weighted by molar-refractivity contribution is 5.88. The molecule has 20 heavy (non-hydrogen) atoms. The number of carbonyl (C=O) groups excluding carboxylic acids is 2. The Morgan fingerprint density at radius 3 is 2.70 bits per heavy atom. The van der Waals surface area contributed by atoms with Gasteiger partial charge >= 0.3 is 0 Å². The number of benzene rings is 2. The zero-order valence-corrected chi connectivity index (χ0v) is 10.9. The summed E-state index contributed by atoms with van der Waals surface area (Å²) < 4.78 is 0. The lowest BCUT2D eigenvalue weighted by Crippen LogP contribution is -2.33. The lowest BCUT2D eigenvalue weighted by atomic mass is 10.0. The Hall–Kier alpha value is -2.36. The SMILES string of the molecule is O=C([O-])[C@H]1CC(=O)N(Cc2cccc3ccccc23)C1. The summed E-state index contributed by atoms with van der Waals surface area (Å²) in [6.07, 6.45) is 0.0487. The highest BCUT2D eigenvalue weighted by Gasteiger charge is 2.30. The number of hydrogen-bond donors (Lipinski definition) is 0. The first-order valence-corrected chi connectivity index (χ1v) is 6.60. The fourth-order valence-electron chi connectivity index (χ4n) is 2.72. The van der Waals surface area contributed by atoms with Crippen molar-refractivity contribution in [2.24, 2.45) is 5.92 Å². The second-order valence-corrected chi connectivity index (χ2v) is 5.13. The summed E-state index contributed by atoms with van der Waals surface area (Å²) in [4.78, 5) is 24.3. The average Bonchev–Trinajstić information content (AvgIpc) is 2.81. The molecule has 2 aromatic carbocycles. The molecule has 1 atom stereocenters. The highest BCUT2D eigenvalue weighted by atomic mass is 16.4. The van der Waals surface area contributed by atoms with E-state index in [1.165, 1.54) is 0 Å². The van der Waals surface area contributed by atoms with Crippen molar-refractivity contribution in [2.75, 3.05) is 6.54 Å². The Morgan fingerprint density at radius 2 is 1.95 bits per heavy atom. The molecule has 1 fully saturated rings. The van der Waals surface area contributed by atoms with Gasteiger partial charge in [0.05, 0.1) is 0 Å². The quantitative estimate of drug-likeness (QED) is 0.832. The maximum Gasteiger partial charge on any atom is 0.223 e. The van der Waals surface area contributed by atoms with E-state index in [9.17, 15) is 14.7 Å². The first-order chi connectivity index (χ1) is 9.65. The van der Waals surface area contributed by atoms with Gasteiger partial charge in [0.1, 0.15) is 0 Å². The van der Waals surface area contributed by atoms with Crippen LogP contribution >= 0.6 is 0 Å². The number of fused-ring (bicyclic) bond motifs is 1. The van der Waals surface area contributed by atoms with Crippen molar-refractivity contribution in [1.29, 1.82) is 0 Å². The molecule has 1 aliphatic rings. The van der Waals surface area contributed by atoms with Crippen molar-refractivity contribution in [1.82, 2.24) is 4.90 Å². The minimum atomic E-state index is -1.14. The summed E-state index contributed by atoms with van der Waals surface area (Å²) >= 11 is 0. The van der Waals surface area contributed by atoms with Crippen LogP contribution in [0.1, 0.15) is 12.0 Å². The van der Waals surface area contributed by atoms with Crippen molar-refractivity contribution in [3.63, 3.8) is 0 Å². The smallest absolute Gasteiger partial charge is 0.223 e. The van der Waals surface area contributed by atoms with Crippen molar-refractivity contribution in [2.45, 2.75) is 13.0 Å². The standard InChI is InChI=1S/C16H15NO3/c18-15-8-13(16(19)20)10-17(15)9-12-6-3-5-11-4-1-2-7-14(11)12/h1-7,13H,8-10H2,(H,19,20)/p-1/t13-/m0/s1. The van der Waals surface area contributed by atoms with Crippen LogP contribution in [-0.4, -0.2) is 23.3 Å². The highest BCUT2D eigenvalue weighted by Crippen LogP contribution is 2.24. The van der Waals surface area contributed by atoms with Gasteiger partial charge in [-0.2, -0.15) is 0 Å². The number of rotatable bonds is 3.